The molecule has 0 fully saturated rings. The fourth-order valence-electron chi connectivity index (χ4n) is 2.69. The number of anilines is 1. The Kier molecular flexibility index (Phi) is 3.66. The number of thiazole rings is 1. The number of benzene rings is 1. The highest BCUT2D eigenvalue weighted by atomic mass is 32.1. The fraction of sp³-hybridized carbons (Fsp3) is 0.235. The molecule has 3 heterocycles. The quantitative estimate of drug-likeness (QED) is 0.531. The van der Waals surface area contributed by atoms with E-state index in [0.717, 1.165) is 32.7 Å². The number of nitrogens with zero attached hydrogens (tertiary/aromatic N) is 3. The molecule has 1 aromatic carbocycles. The molecule has 0 aliphatic rings. The molecule has 0 bridgehead atoms. The number of fused-ring (bicyclic) bond motifs is 2. The largest absolute Gasteiger partial charge is 0.394 e. The molecule has 0 aliphatic heterocycles. The molecule has 0 saturated carbocycles. The monoisotopic (exact) mass is 339 g/mol. The summed E-state index contributed by atoms with van der Waals surface area (Å²) in [6, 6.07) is 6.19. The number of aliphatic hydroxyl groups is 1. The second-order valence-electron chi connectivity index (χ2n) is 5.80. The van der Waals surface area contributed by atoms with Gasteiger partial charge in [-0.1, -0.05) is 6.07 Å². The van der Waals surface area contributed by atoms with Crippen LogP contribution in [0.25, 0.3) is 32.4 Å². The topological polar surface area (TPSA) is 86.7 Å². The fourth-order valence-corrected chi connectivity index (χ4v) is 3.56. The van der Waals surface area contributed by atoms with Crippen LogP contribution in [-0.4, -0.2) is 37.7 Å². The van der Waals surface area contributed by atoms with Crippen LogP contribution in [0.15, 0.2) is 30.6 Å². The van der Waals surface area contributed by atoms with Crippen LogP contribution >= 0.6 is 11.3 Å². The highest BCUT2D eigenvalue weighted by molar-refractivity contribution is 7.18. The van der Waals surface area contributed by atoms with E-state index < -0.39 is 0 Å². The summed E-state index contributed by atoms with van der Waals surface area (Å²) < 4.78 is 1.18. The van der Waals surface area contributed by atoms with Gasteiger partial charge in [0.25, 0.3) is 0 Å². The van der Waals surface area contributed by atoms with Crippen LogP contribution in [0.4, 0.5) is 5.95 Å². The maximum atomic E-state index is 9.12. The van der Waals surface area contributed by atoms with Gasteiger partial charge in [0.05, 0.1) is 21.8 Å². The SMILES string of the molecule is Cc1nc2ccc(-c3c[nH]c4nc(N[C@@H](C)CO)ncc34)cc2s1. The van der Waals surface area contributed by atoms with Crippen LogP contribution in [0, 0.1) is 6.92 Å². The number of aliphatic hydroxyl groups excluding tert-OH is 1. The van der Waals surface area contributed by atoms with E-state index in [4.69, 9.17) is 5.11 Å². The predicted molar refractivity (Wildman–Crippen MR) is 97.4 cm³/mol. The van der Waals surface area contributed by atoms with Gasteiger partial charge in [-0.15, -0.1) is 11.3 Å². The Hall–Kier alpha value is -2.51. The Balaban J connectivity index is 1.75. The highest BCUT2D eigenvalue weighted by Crippen LogP contribution is 2.32. The van der Waals surface area contributed by atoms with E-state index in [2.05, 4.69) is 37.4 Å². The molecule has 0 amide bonds. The zero-order chi connectivity index (χ0) is 16.7. The number of H-pyrrole nitrogens is 1. The molecule has 7 heteroatoms. The average Bonchev–Trinajstić information content (AvgIpc) is 3.15. The van der Waals surface area contributed by atoms with Crippen molar-refractivity contribution in [3.63, 3.8) is 0 Å². The standard InChI is InChI=1S/C17H17N5OS/c1-9(8-23)20-17-19-7-13-12(6-18-16(13)22-17)11-3-4-14-15(5-11)24-10(2)21-14/h3-7,9,23H,8H2,1-2H3,(H2,18,19,20,22)/t9-/m0/s1. The lowest BCUT2D eigenvalue weighted by Gasteiger charge is -2.09. The molecule has 0 radical (unpaired) electrons. The van der Waals surface area contributed by atoms with Gasteiger partial charge in [0.15, 0.2) is 0 Å². The van der Waals surface area contributed by atoms with Gasteiger partial charge < -0.3 is 15.4 Å². The Bertz CT molecular complexity index is 1020. The second kappa shape index (κ2) is 5.85. The van der Waals surface area contributed by atoms with Gasteiger partial charge in [0.2, 0.25) is 5.95 Å². The molecular formula is C17H17N5OS. The van der Waals surface area contributed by atoms with E-state index >= 15 is 0 Å². The van der Waals surface area contributed by atoms with Gasteiger partial charge in [0, 0.05) is 29.4 Å². The van der Waals surface area contributed by atoms with Crippen molar-refractivity contribution < 1.29 is 5.11 Å². The lowest BCUT2D eigenvalue weighted by molar-refractivity contribution is 0.281. The highest BCUT2D eigenvalue weighted by Gasteiger charge is 2.11. The van der Waals surface area contributed by atoms with Crippen molar-refractivity contribution >= 4 is 38.5 Å². The van der Waals surface area contributed by atoms with Crippen molar-refractivity contribution in [3.05, 3.63) is 35.6 Å². The molecule has 6 nitrogen and oxygen atoms in total. The summed E-state index contributed by atoms with van der Waals surface area (Å²) in [5, 5.41) is 14.2. The number of nitrogens with one attached hydrogen (secondary N) is 2. The molecule has 3 aromatic heterocycles. The molecule has 0 aliphatic carbocycles. The third-order valence-corrected chi connectivity index (χ3v) is 4.82. The molecule has 1 atom stereocenters. The van der Waals surface area contributed by atoms with Crippen molar-refractivity contribution in [1.82, 2.24) is 19.9 Å². The minimum atomic E-state index is -0.0890. The van der Waals surface area contributed by atoms with Gasteiger partial charge in [-0.3, -0.25) is 0 Å². The second-order valence-corrected chi connectivity index (χ2v) is 7.04. The van der Waals surface area contributed by atoms with Gasteiger partial charge in [-0.25, -0.2) is 9.97 Å². The molecule has 0 saturated heterocycles. The maximum absolute atomic E-state index is 9.12. The molecule has 122 valence electrons. The summed E-state index contributed by atoms with van der Waals surface area (Å²) in [5.41, 5.74) is 3.99. The first-order chi connectivity index (χ1) is 11.6. The van der Waals surface area contributed by atoms with Gasteiger partial charge in [-0.05, 0) is 31.5 Å². The normalized spacial score (nSPS) is 12.8. The van der Waals surface area contributed by atoms with E-state index in [1.807, 2.05) is 32.3 Å². The van der Waals surface area contributed by atoms with Crippen LogP contribution in [0.2, 0.25) is 0 Å². The summed E-state index contributed by atoms with van der Waals surface area (Å²) >= 11 is 1.69. The van der Waals surface area contributed by atoms with Crippen LogP contribution in [0.3, 0.4) is 0 Å². The number of rotatable bonds is 4. The first-order valence-corrected chi connectivity index (χ1v) is 8.55. The van der Waals surface area contributed by atoms with Crippen molar-refractivity contribution in [2.24, 2.45) is 0 Å². The van der Waals surface area contributed by atoms with Crippen molar-refractivity contribution in [2.75, 3.05) is 11.9 Å². The Morgan fingerprint density at radius 1 is 1.33 bits per heavy atom. The van der Waals surface area contributed by atoms with Crippen LogP contribution in [-0.2, 0) is 0 Å². The lowest BCUT2D eigenvalue weighted by Crippen LogP contribution is -2.20. The van der Waals surface area contributed by atoms with E-state index in [-0.39, 0.29) is 12.6 Å². The van der Waals surface area contributed by atoms with Crippen molar-refractivity contribution in [1.29, 1.82) is 0 Å². The van der Waals surface area contributed by atoms with Crippen LogP contribution in [0.1, 0.15) is 11.9 Å². The first kappa shape index (κ1) is 15.0. The molecular weight excluding hydrogens is 322 g/mol. The van der Waals surface area contributed by atoms with E-state index in [1.165, 1.54) is 4.70 Å². The molecule has 0 unspecified atom stereocenters. The summed E-state index contributed by atoms with van der Waals surface area (Å²) in [7, 11) is 0. The summed E-state index contributed by atoms with van der Waals surface area (Å²) in [5.74, 6) is 0.506. The Morgan fingerprint density at radius 2 is 2.21 bits per heavy atom. The van der Waals surface area contributed by atoms with E-state index in [0.29, 0.717) is 5.95 Å². The van der Waals surface area contributed by atoms with Gasteiger partial charge >= 0.3 is 0 Å². The summed E-state index contributed by atoms with van der Waals surface area (Å²) in [4.78, 5) is 16.5. The Labute approximate surface area is 142 Å². The van der Waals surface area contributed by atoms with Crippen molar-refractivity contribution in [2.45, 2.75) is 19.9 Å². The number of aromatic amines is 1. The van der Waals surface area contributed by atoms with E-state index in [1.54, 1.807) is 11.3 Å². The zero-order valence-electron chi connectivity index (χ0n) is 13.4. The van der Waals surface area contributed by atoms with Crippen molar-refractivity contribution in [3.8, 4) is 11.1 Å². The predicted octanol–water partition coefficient (Wildman–Crippen LogP) is 3.34. The van der Waals surface area contributed by atoms with Crippen LogP contribution in [0.5, 0.6) is 0 Å². The number of hydrogen-bond donors (Lipinski definition) is 3. The first-order valence-electron chi connectivity index (χ1n) is 7.73. The molecule has 24 heavy (non-hydrogen) atoms. The lowest BCUT2D eigenvalue weighted by atomic mass is 10.1. The molecule has 0 spiro atoms. The molecule has 4 rings (SSSR count). The zero-order valence-corrected chi connectivity index (χ0v) is 14.2. The van der Waals surface area contributed by atoms with Crippen LogP contribution < -0.4 is 5.32 Å². The number of aryl methyl sites for hydroxylation is 1. The average molecular weight is 339 g/mol. The Morgan fingerprint density at radius 3 is 3.04 bits per heavy atom. The number of hydrogen-bond acceptors (Lipinski definition) is 6. The van der Waals surface area contributed by atoms with Gasteiger partial charge in [-0.2, -0.15) is 4.98 Å². The number of aromatic nitrogens is 4. The third-order valence-electron chi connectivity index (χ3n) is 3.89. The summed E-state index contributed by atoms with van der Waals surface area (Å²) in [6.07, 6.45) is 3.76. The minimum Gasteiger partial charge on any atom is -0.394 e. The summed E-state index contributed by atoms with van der Waals surface area (Å²) in [6.45, 7) is 3.93. The smallest absolute Gasteiger partial charge is 0.224 e. The molecule has 3 N–H and O–H groups in total. The molecule has 4 aromatic rings. The van der Waals surface area contributed by atoms with Gasteiger partial charge in [0.1, 0.15) is 5.65 Å². The maximum Gasteiger partial charge on any atom is 0.224 e. The third kappa shape index (κ3) is 2.61. The minimum absolute atomic E-state index is 0.0334. The van der Waals surface area contributed by atoms with E-state index in [9.17, 15) is 0 Å².